The van der Waals surface area contributed by atoms with Gasteiger partial charge in [-0.05, 0) is 54.7 Å². The summed E-state index contributed by atoms with van der Waals surface area (Å²) in [7, 11) is 0. The molecule has 28 heavy (non-hydrogen) atoms. The van der Waals surface area contributed by atoms with Gasteiger partial charge in [0.2, 0.25) is 0 Å². The molecule has 0 aromatic heterocycles. The molecule has 0 heterocycles. The Morgan fingerprint density at radius 1 is 0.929 bits per heavy atom. The molecular formula is C21H21N3O4. The summed E-state index contributed by atoms with van der Waals surface area (Å²) in [5.41, 5.74) is 2.78. The molecule has 0 saturated heterocycles. The highest BCUT2D eigenvalue weighted by Crippen LogP contribution is 2.36. The number of rotatable bonds is 5. The van der Waals surface area contributed by atoms with Crippen LogP contribution in [0.25, 0.3) is 0 Å². The zero-order chi connectivity index (χ0) is 19.7. The minimum absolute atomic E-state index is 0.258. The first-order valence-corrected chi connectivity index (χ1v) is 9.30. The van der Waals surface area contributed by atoms with Gasteiger partial charge in [0, 0.05) is 17.3 Å². The van der Waals surface area contributed by atoms with Crippen LogP contribution in [0.5, 0.6) is 0 Å². The van der Waals surface area contributed by atoms with E-state index >= 15 is 0 Å². The van der Waals surface area contributed by atoms with Crippen LogP contribution in [0.1, 0.15) is 40.4 Å². The lowest BCUT2D eigenvalue weighted by Crippen LogP contribution is -2.34. The number of carbonyl (C=O) groups excluding carboxylic acids is 2. The Hall–Kier alpha value is -3.35. The monoisotopic (exact) mass is 379 g/mol. The third kappa shape index (κ3) is 3.83. The molecule has 0 unspecified atom stereocenters. The molecule has 2 aromatic carbocycles. The minimum atomic E-state index is -0.928. The largest absolute Gasteiger partial charge is 0.481 e. The first kappa shape index (κ1) is 18.0. The lowest BCUT2D eigenvalue weighted by atomic mass is 10.0. The summed E-state index contributed by atoms with van der Waals surface area (Å²) < 4.78 is 0. The molecule has 0 spiro atoms. The lowest BCUT2D eigenvalue weighted by Gasteiger charge is -2.19. The topological polar surface area (TPSA) is 108 Å². The summed E-state index contributed by atoms with van der Waals surface area (Å²) in [6.07, 6.45) is 2.41. The minimum Gasteiger partial charge on any atom is -0.481 e. The first-order valence-electron chi connectivity index (χ1n) is 9.30. The molecule has 0 bridgehead atoms. The van der Waals surface area contributed by atoms with E-state index in [0.29, 0.717) is 17.7 Å². The molecule has 1 fully saturated rings. The number of carbonyl (C=O) groups is 3. The number of fused-ring (bicyclic) bond motifs is 1. The molecule has 3 amide bonds. The molecule has 2 aliphatic carbocycles. The SMILES string of the molecule is O=C(Nc1ccc(C(=O)N[C@H]2c3ccccc3C[C@@H]2C(=O)O)cc1)NC1CC1. The summed E-state index contributed by atoms with van der Waals surface area (Å²) in [5, 5.41) is 17.9. The van der Waals surface area contributed by atoms with Crippen molar-refractivity contribution in [2.24, 2.45) is 5.92 Å². The number of urea groups is 1. The standard InChI is InChI=1S/C21H21N3O4/c25-19(12-5-7-14(8-6-12)22-21(28)23-15-9-10-15)24-18-16-4-2-1-3-13(16)11-17(18)20(26)27/h1-8,15,17-18H,9-11H2,(H,24,25)(H,26,27)(H2,22,23,28)/t17-,18-/m0/s1. The molecule has 7 nitrogen and oxygen atoms in total. The summed E-state index contributed by atoms with van der Waals surface area (Å²) in [6, 6.07) is 13.4. The number of benzene rings is 2. The van der Waals surface area contributed by atoms with Crippen LogP contribution in [-0.4, -0.2) is 29.1 Å². The molecular weight excluding hydrogens is 358 g/mol. The fraction of sp³-hybridized carbons (Fsp3) is 0.286. The third-order valence-corrected chi connectivity index (χ3v) is 5.15. The van der Waals surface area contributed by atoms with Gasteiger partial charge >= 0.3 is 12.0 Å². The molecule has 4 N–H and O–H groups in total. The number of carboxylic acid groups (broad SMARTS) is 1. The van der Waals surface area contributed by atoms with Gasteiger partial charge in [-0.3, -0.25) is 9.59 Å². The van der Waals surface area contributed by atoms with E-state index in [1.54, 1.807) is 24.3 Å². The molecule has 2 aliphatic rings. The number of hydrogen-bond donors (Lipinski definition) is 4. The number of anilines is 1. The fourth-order valence-electron chi connectivity index (χ4n) is 3.51. The number of nitrogens with one attached hydrogen (secondary N) is 3. The Morgan fingerprint density at radius 2 is 1.64 bits per heavy atom. The predicted octanol–water partition coefficient (Wildman–Crippen LogP) is 2.70. The van der Waals surface area contributed by atoms with Crippen molar-refractivity contribution in [3.05, 3.63) is 65.2 Å². The Balaban J connectivity index is 1.44. The number of aliphatic carboxylic acids is 1. The number of hydrogen-bond acceptors (Lipinski definition) is 3. The van der Waals surface area contributed by atoms with E-state index in [1.165, 1.54) is 0 Å². The van der Waals surface area contributed by atoms with E-state index in [0.717, 1.165) is 24.0 Å². The van der Waals surface area contributed by atoms with Crippen molar-refractivity contribution in [2.45, 2.75) is 31.3 Å². The van der Waals surface area contributed by atoms with Crippen molar-refractivity contribution in [2.75, 3.05) is 5.32 Å². The Kier molecular flexibility index (Phi) is 4.73. The molecule has 0 aliphatic heterocycles. The second-order valence-electron chi connectivity index (χ2n) is 7.25. The smallest absolute Gasteiger partial charge is 0.319 e. The van der Waals surface area contributed by atoms with Gasteiger partial charge < -0.3 is 21.1 Å². The van der Waals surface area contributed by atoms with Gasteiger partial charge in [0.25, 0.3) is 5.91 Å². The summed E-state index contributed by atoms with van der Waals surface area (Å²) in [4.78, 5) is 36.1. The van der Waals surface area contributed by atoms with Crippen LogP contribution >= 0.6 is 0 Å². The molecule has 7 heteroatoms. The maximum Gasteiger partial charge on any atom is 0.319 e. The molecule has 2 atom stereocenters. The lowest BCUT2D eigenvalue weighted by molar-refractivity contribution is -0.142. The van der Waals surface area contributed by atoms with Gasteiger partial charge in [-0.25, -0.2) is 4.79 Å². The van der Waals surface area contributed by atoms with E-state index in [9.17, 15) is 19.5 Å². The summed E-state index contributed by atoms with van der Waals surface area (Å²) in [6.45, 7) is 0. The van der Waals surface area contributed by atoms with Crippen molar-refractivity contribution < 1.29 is 19.5 Å². The zero-order valence-corrected chi connectivity index (χ0v) is 15.1. The van der Waals surface area contributed by atoms with Gasteiger partial charge in [0.1, 0.15) is 0 Å². The van der Waals surface area contributed by atoms with Crippen molar-refractivity contribution in [1.29, 1.82) is 0 Å². The normalized spacial score (nSPS) is 20.1. The van der Waals surface area contributed by atoms with Gasteiger partial charge in [-0.1, -0.05) is 24.3 Å². The van der Waals surface area contributed by atoms with Crippen molar-refractivity contribution in [3.63, 3.8) is 0 Å². The molecule has 4 rings (SSSR count). The van der Waals surface area contributed by atoms with Gasteiger partial charge in [-0.2, -0.15) is 0 Å². The van der Waals surface area contributed by atoms with E-state index in [4.69, 9.17) is 0 Å². The maximum atomic E-state index is 12.7. The quantitative estimate of drug-likeness (QED) is 0.641. The van der Waals surface area contributed by atoms with Crippen LogP contribution < -0.4 is 16.0 Å². The number of carboxylic acids is 1. The highest BCUT2D eigenvalue weighted by molar-refractivity contribution is 5.96. The van der Waals surface area contributed by atoms with E-state index in [1.807, 2.05) is 24.3 Å². The first-order chi connectivity index (χ1) is 13.5. The Labute approximate surface area is 162 Å². The highest BCUT2D eigenvalue weighted by atomic mass is 16.4. The molecule has 0 radical (unpaired) electrons. The second kappa shape index (κ2) is 7.34. The third-order valence-electron chi connectivity index (χ3n) is 5.15. The average Bonchev–Trinajstić information content (AvgIpc) is 3.41. The van der Waals surface area contributed by atoms with Crippen LogP contribution in [0.15, 0.2) is 48.5 Å². The van der Waals surface area contributed by atoms with Crippen LogP contribution in [0.3, 0.4) is 0 Å². The van der Waals surface area contributed by atoms with Gasteiger partial charge in [0.05, 0.1) is 12.0 Å². The fourth-order valence-corrected chi connectivity index (χ4v) is 3.51. The van der Waals surface area contributed by atoms with Gasteiger partial charge in [-0.15, -0.1) is 0 Å². The van der Waals surface area contributed by atoms with Crippen molar-refractivity contribution in [3.8, 4) is 0 Å². The summed E-state index contributed by atoms with van der Waals surface area (Å²) >= 11 is 0. The Bertz CT molecular complexity index is 922. The highest BCUT2D eigenvalue weighted by Gasteiger charge is 2.38. The van der Waals surface area contributed by atoms with Crippen LogP contribution in [0, 0.1) is 5.92 Å². The Morgan fingerprint density at radius 3 is 2.32 bits per heavy atom. The predicted molar refractivity (Wildman–Crippen MR) is 103 cm³/mol. The van der Waals surface area contributed by atoms with Gasteiger partial charge in [0.15, 0.2) is 0 Å². The molecule has 1 saturated carbocycles. The maximum absolute atomic E-state index is 12.7. The second-order valence-corrected chi connectivity index (χ2v) is 7.25. The number of amides is 3. The van der Waals surface area contributed by atoms with Crippen molar-refractivity contribution in [1.82, 2.24) is 10.6 Å². The molecule has 144 valence electrons. The van der Waals surface area contributed by atoms with Crippen molar-refractivity contribution >= 4 is 23.6 Å². The molecule has 2 aromatic rings. The average molecular weight is 379 g/mol. The van der Waals surface area contributed by atoms with Crippen LogP contribution in [0.2, 0.25) is 0 Å². The van der Waals surface area contributed by atoms with E-state index < -0.39 is 17.9 Å². The van der Waals surface area contributed by atoms with E-state index in [2.05, 4.69) is 16.0 Å². The van der Waals surface area contributed by atoms with E-state index in [-0.39, 0.29) is 18.0 Å². The van der Waals surface area contributed by atoms with Crippen LogP contribution in [-0.2, 0) is 11.2 Å². The summed E-state index contributed by atoms with van der Waals surface area (Å²) in [5.74, 6) is -1.96. The zero-order valence-electron chi connectivity index (χ0n) is 15.1. The van der Waals surface area contributed by atoms with Crippen LogP contribution in [0.4, 0.5) is 10.5 Å².